The molecule has 1 rings (SSSR count). The molecule has 1 aromatic carbocycles. The van der Waals surface area contributed by atoms with Crippen molar-refractivity contribution in [3.05, 3.63) is 39.9 Å². The van der Waals surface area contributed by atoms with Crippen LogP contribution in [-0.4, -0.2) is 41.2 Å². The first-order valence-corrected chi connectivity index (χ1v) is 5.59. The number of likely N-dealkylation sites (N-methyl/N-ethyl adjacent to an activating group) is 1. The van der Waals surface area contributed by atoms with Crippen molar-refractivity contribution in [2.75, 3.05) is 20.1 Å². The summed E-state index contributed by atoms with van der Waals surface area (Å²) in [7, 11) is 1.94. The molecule has 0 aliphatic rings. The highest BCUT2D eigenvalue weighted by molar-refractivity contribution is 5.32. The van der Waals surface area contributed by atoms with Crippen LogP contribution >= 0.6 is 0 Å². The third kappa shape index (κ3) is 4.93. The Bertz CT molecular complexity index is 363. The van der Waals surface area contributed by atoms with Crippen LogP contribution in [0.3, 0.4) is 0 Å². The Morgan fingerprint density at radius 3 is 2.47 bits per heavy atom. The van der Waals surface area contributed by atoms with E-state index in [-0.39, 0.29) is 11.8 Å². The van der Waals surface area contributed by atoms with Crippen LogP contribution in [0.25, 0.3) is 0 Å². The molecule has 0 aliphatic heterocycles. The van der Waals surface area contributed by atoms with Crippen LogP contribution < -0.4 is 0 Å². The van der Waals surface area contributed by atoms with E-state index < -0.39 is 4.92 Å². The number of aliphatic hydroxyl groups excluding tert-OH is 1. The van der Waals surface area contributed by atoms with Gasteiger partial charge in [0.15, 0.2) is 0 Å². The molecule has 94 valence electrons. The molecule has 0 aromatic heterocycles. The molecular weight excluding hydrogens is 220 g/mol. The van der Waals surface area contributed by atoms with Crippen molar-refractivity contribution in [1.82, 2.24) is 4.90 Å². The van der Waals surface area contributed by atoms with Gasteiger partial charge in [-0.05, 0) is 26.0 Å². The molecule has 1 atom stereocenters. The second kappa shape index (κ2) is 6.32. The van der Waals surface area contributed by atoms with Crippen LogP contribution in [0.5, 0.6) is 0 Å². The monoisotopic (exact) mass is 238 g/mol. The fourth-order valence-corrected chi connectivity index (χ4v) is 1.65. The molecule has 0 amide bonds. The fraction of sp³-hybridized carbons (Fsp3) is 0.500. The van der Waals surface area contributed by atoms with Crippen molar-refractivity contribution >= 4 is 5.69 Å². The van der Waals surface area contributed by atoms with Crippen molar-refractivity contribution in [2.45, 2.75) is 19.4 Å². The van der Waals surface area contributed by atoms with Crippen molar-refractivity contribution < 1.29 is 10.0 Å². The second-order valence-corrected chi connectivity index (χ2v) is 4.28. The summed E-state index contributed by atoms with van der Waals surface area (Å²) in [6.07, 6.45) is 0.484. The van der Waals surface area contributed by atoms with Gasteiger partial charge in [0.05, 0.1) is 11.0 Å². The number of nitrogens with zero attached hydrogens (tertiary/aromatic N) is 2. The predicted octanol–water partition coefficient (Wildman–Crippen LogP) is 1.45. The van der Waals surface area contributed by atoms with E-state index in [2.05, 4.69) is 0 Å². The van der Waals surface area contributed by atoms with Crippen molar-refractivity contribution in [2.24, 2.45) is 0 Å². The van der Waals surface area contributed by atoms with Gasteiger partial charge in [-0.25, -0.2) is 0 Å². The van der Waals surface area contributed by atoms with E-state index in [1.807, 2.05) is 11.9 Å². The predicted molar refractivity (Wildman–Crippen MR) is 66.0 cm³/mol. The molecule has 1 N–H and O–H groups in total. The molecule has 0 fully saturated rings. The Morgan fingerprint density at radius 1 is 1.41 bits per heavy atom. The Morgan fingerprint density at radius 2 is 2.00 bits per heavy atom. The van der Waals surface area contributed by atoms with Gasteiger partial charge >= 0.3 is 0 Å². The number of hydrogen-bond acceptors (Lipinski definition) is 4. The molecule has 1 aromatic rings. The molecule has 0 radical (unpaired) electrons. The van der Waals surface area contributed by atoms with E-state index in [0.717, 1.165) is 18.5 Å². The summed E-state index contributed by atoms with van der Waals surface area (Å²) in [5.74, 6) is 0. The Kier molecular flexibility index (Phi) is 5.06. The Hall–Kier alpha value is -1.46. The highest BCUT2D eigenvalue weighted by Crippen LogP contribution is 2.12. The molecule has 5 nitrogen and oxygen atoms in total. The number of nitro benzene ring substituents is 1. The van der Waals surface area contributed by atoms with E-state index in [0.29, 0.717) is 6.54 Å². The van der Waals surface area contributed by atoms with Crippen molar-refractivity contribution in [3.63, 3.8) is 0 Å². The maximum Gasteiger partial charge on any atom is 0.269 e. The maximum atomic E-state index is 10.5. The summed E-state index contributed by atoms with van der Waals surface area (Å²) in [6.45, 7) is 3.21. The third-order valence-corrected chi connectivity index (χ3v) is 2.51. The van der Waals surface area contributed by atoms with Crippen LogP contribution in [0.4, 0.5) is 5.69 Å². The molecular formula is C12H18N2O3. The first-order valence-electron chi connectivity index (χ1n) is 5.59. The van der Waals surface area contributed by atoms with Crippen LogP contribution in [0.1, 0.15) is 12.5 Å². The molecule has 17 heavy (non-hydrogen) atoms. The average molecular weight is 238 g/mol. The standard InChI is InChI=1S/C12H18N2O3/c1-10(15)9-13(2)8-7-11-3-5-12(6-4-11)14(16)17/h3-6,10,15H,7-9H2,1-2H3. The van der Waals surface area contributed by atoms with Crippen molar-refractivity contribution in [3.8, 4) is 0 Å². The Labute approximate surface area is 101 Å². The minimum atomic E-state index is -0.399. The summed E-state index contributed by atoms with van der Waals surface area (Å²) < 4.78 is 0. The van der Waals surface area contributed by atoms with Gasteiger partial charge in [0.1, 0.15) is 0 Å². The topological polar surface area (TPSA) is 66.6 Å². The van der Waals surface area contributed by atoms with Gasteiger partial charge in [-0.2, -0.15) is 0 Å². The summed E-state index contributed by atoms with van der Waals surface area (Å²) in [4.78, 5) is 12.1. The van der Waals surface area contributed by atoms with E-state index >= 15 is 0 Å². The lowest BCUT2D eigenvalue weighted by molar-refractivity contribution is -0.384. The smallest absolute Gasteiger partial charge is 0.269 e. The number of benzene rings is 1. The molecule has 0 bridgehead atoms. The molecule has 0 spiro atoms. The highest BCUT2D eigenvalue weighted by Gasteiger charge is 2.06. The molecule has 0 aliphatic carbocycles. The first kappa shape index (κ1) is 13.6. The number of non-ortho nitro benzene ring substituents is 1. The summed E-state index contributed by atoms with van der Waals surface area (Å²) in [5.41, 5.74) is 1.18. The molecule has 1 unspecified atom stereocenters. The van der Waals surface area contributed by atoms with Gasteiger partial charge in [-0.15, -0.1) is 0 Å². The minimum absolute atomic E-state index is 0.117. The fourth-order valence-electron chi connectivity index (χ4n) is 1.65. The molecule has 5 heteroatoms. The number of aliphatic hydroxyl groups is 1. The van der Waals surface area contributed by atoms with Gasteiger partial charge < -0.3 is 10.0 Å². The second-order valence-electron chi connectivity index (χ2n) is 4.28. The summed E-state index contributed by atoms with van der Waals surface area (Å²) in [6, 6.07) is 6.58. The van der Waals surface area contributed by atoms with Gasteiger partial charge in [0.2, 0.25) is 0 Å². The van der Waals surface area contributed by atoms with Gasteiger partial charge in [0, 0.05) is 25.2 Å². The van der Waals surface area contributed by atoms with E-state index in [1.54, 1.807) is 19.1 Å². The van der Waals surface area contributed by atoms with E-state index in [9.17, 15) is 15.2 Å². The maximum absolute atomic E-state index is 10.5. The average Bonchev–Trinajstić information content (AvgIpc) is 2.26. The lowest BCUT2D eigenvalue weighted by Crippen LogP contribution is -2.29. The highest BCUT2D eigenvalue weighted by atomic mass is 16.6. The van der Waals surface area contributed by atoms with Gasteiger partial charge in [0.25, 0.3) is 5.69 Å². The zero-order valence-corrected chi connectivity index (χ0v) is 10.2. The third-order valence-electron chi connectivity index (χ3n) is 2.51. The van der Waals surface area contributed by atoms with Crippen LogP contribution in [-0.2, 0) is 6.42 Å². The number of hydrogen-bond donors (Lipinski definition) is 1. The quantitative estimate of drug-likeness (QED) is 0.601. The van der Waals surface area contributed by atoms with E-state index in [1.165, 1.54) is 12.1 Å². The lowest BCUT2D eigenvalue weighted by Gasteiger charge is -2.17. The number of rotatable bonds is 6. The zero-order chi connectivity index (χ0) is 12.8. The van der Waals surface area contributed by atoms with Crippen LogP contribution in [0, 0.1) is 10.1 Å². The van der Waals surface area contributed by atoms with E-state index in [4.69, 9.17) is 0 Å². The SMILES string of the molecule is CC(O)CN(C)CCc1ccc([N+](=O)[O-])cc1. The lowest BCUT2D eigenvalue weighted by atomic mass is 10.1. The Balaban J connectivity index is 2.44. The first-order chi connectivity index (χ1) is 7.99. The number of nitro groups is 1. The van der Waals surface area contributed by atoms with Gasteiger partial charge in [-0.1, -0.05) is 12.1 Å². The normalized spacial score (nSPS) is 12.7. The summed E-state index contributed by atoms with van der Waals surface area (Å²) in [5, 5.41) is 19.7. The van der Waals surface area contributed by atoms with Crippen molar-refractivity contribution in [1.29, 1.82) is 0 Å². The minimum Gasteiger partial charge on any atom is -0.392 e. The zero-order valence-electron chi connectivity index (χ0n) is 10.2. The molecule has 0 heterocycles. The molecule has 0 saturated carbocycles. The largest absolute Gasteiger partial charge is 0.392 e. The van der Waals surface area contributed by atoms with Crippen LogP contribution in [0.2, 0.25) is 0 Å². The summed E-state index contributed by atoms with van der Waals surface area (Å²) >= 11 is 0. The van der Waals surface area contributed by atoms with Crippen LogP contribution in [0.15, 0.2) is 24.3 Å². The van der Waals surface area contributed by atoms with Gasteiger partial charge in [-0.3, -0.25) is 10.1 Å². The molecule has 0 saturated heterocycles.